The van der Waals surface area contributed by atoms with Crippen molar-refractivity contribution >= 4 is 44.7 Å². The number of ether oxygens (including phenoxy) is 1. The molecule has 0 saturated heterocycles. The van der Waals surface area contributed by atoms with Crippen LogP contribution >= 0.6 is 11.3 Å². The summed E-state index contributed by atoms with van der Waals surface area (Å²) in [6.07, 6.45) is 0.441. The van der Waals surface area contributed by atoms with E-state index in [2.05, 4.69) is 5.32 Å². The number of nitrogens with one attached hydrogen (secondary N) is 1. The average Bonchev–Trinajstić information content (AvgIpc) is 3.40. The number of benzene rings is 1. The minimum Gasteiger partial charge on any atom is -0.457 e. The number of fused-ring (bicyclic) bond motifs is 1. The number of rotatable bonds is 9. The summed E-state index contributed by atoms with van der Waals surface area (Å²) in [4.78, 5) is 37.0. The normalized spacial score (nSPS) is 14.1. The molecule has 1 aromatic carbocycles. The lowest BCUT2D eigenvalue weighted by Crippen LogP contribution is -2.30. The van der Waals surface area contributed by atoms with E-state index in [1.54, 1.807) is 25.1 Å². The molecule has 1 aliphatic heterocycles. The summed E-state index contributed by atoms with van der Waals surface area (Å²) in [6.45, 7) is 2.89. The number of thiophene rings is 1. The van der Waals surface area contributed by atoms with Crippen LogP contribution in [0.25, 0.3) is 0 Å². The highest BCUT2D eigenvalue weighted by Gasteiger charge is 2.28. The molecule has 8 nitrogen and oxygen atoms in total. The second kappa shape index (κ2) is 9.61. The predicted octanol–water partition coefficient (Wildman–Crippen LogP) is 2.45. The number of esters is 1. The molecular formula is C21H24N2O6S2. The number of hydrogen-bond donors (Lipinski definition) is 1. The Morgan fingerprint density at radius 2 is 2.03 bits per heavy atom. The van der Waals surface area contributed by atoms with Crippen LogP contribution in [0.15, 0.2) is 35.7 Å². The van der Waals surface area contributed by atoms with Gasteiger partial charge in [0.15, 0.2) is 12.4 Å². The van der Waals surface area contributed by atoms with Gasteiger partial charge in [-0.25, -0.2) is 8.42 Å². The topological polar surface area (TPSA) is 110 Å². The van der Waals surface area contributed by atoms with Crippen molar-refractivity contribution in [3.05, 3.63) is 51.7 Å². The highest BCUT2D eigenvalue weighted by molar-refractivity contribution is 7.92. The zero-order valence-electron chi connectivity index (χ0n) is 17.3. The molecule has 0 spiro atoms. The van der Waals surface area contributed by atoms with Gasteiger partial charge >= 0.3 is 5.97 Å². The lowest BCUT2D eigenvalue weighted by molar-refractivity contribution is -0.143. The van der Waals surface area contributed by atoms with Crippen molar-refractivity contribution in [3.63, 3.8) is 0 Å². The second-order valence-corrected chi connectivity index (χ2v) is 10.3. The molecule has 1 atom stereocenters. The number of amides is 1. The molecule has 2 heterocycles. The van der Waals surface area contributed by atoms with Gasteiger partial charge in [-0.1, -0.05) is 6.07 Å². The molecule has 1 aliphatic rings. The van der Waals surface area contributed by atoms with Gasteiger partial charge in [-0.2, -0.15) is 0 Å². The van der Waals surface area contributed by atoms with E-state index in [1.165, 1.54) is 22.6 Å². The Hall–Kier alpha value is -2.72. The Kier molecular flexibility index (Phi) is 7.11. The first-order chi connectivity index (χ1) is 14.7. The van der Waals surface area contributed by atoms with Crippen molar-refractivity contribution in [1.29, 1.82) is 0 Å². The number of nitrogens with zero attached hydrogens (tertiary/aromatic N) is 1. The Labute approximate surface area is 185 Å². The third-order valence-electron chi connectivity index (χ3n) is 4.95. The number of carbonyl (C=O) groups is 3. The van der Waals surface area contributed by atoms with Gasteiger partial charge in [-0.15, -0.1) is 11.3 Å². The molecular weight excluding hydrogens is 440 g/mol. The third-order valence-corrected chi connectivity index (χ3v) is 7.72. The van der Waals surface area contributed by atoms with Crippen LogP contribution in [0.1, 0.15) is 47.1 Å². The van der Waals surface area contributed by atoms with E-state index in [-0.39, 0.29) is 23.9 Å². The molecule has 31 heavy (non-hydrogen) atoms. The molecule has 2 aromatic rings. The summed E-state index contributed by atoms with van der Waals surface area (Å²) in [5.74, 6) is -1.23. The first kappa shape index (κ1) is 23.0. The first-order valence-electron chi connectivity index (χ1n) is 9.84. The molecule has 1 aromatic heterocycles. The van der Waals surface area contributed by atoms with Crippen molar-refractivity contribution in [2.45, 2.75) is 32.7 Å². The summed E-state index contributed by atoms with van der Waals surface area (Å²) >= 11 is 1.41. The molecule has 1 unspecified atom stereocenters. The number of anilines is 1. The third kappa shape index (κ3) is 5.50. The van der Waals surface area contributed by atoms with Crippen LogP contribution in [-0.4, -0.2) is 45.0 Å². The van der Waals surface area contributed by atoms with Crippen LogP contribution in [0.4, 0.5) is 5.69 Å². The van der Waals surface area contributed by atoms with Crippen molar-refractivity contribution < 1.29 is 27.5 Å². The molecule has 166 valence electrons. The first-order valence-corrected chi connectivity index (χ1v) is 12.3. The molecule has 1 N–H and O–H groups in total. The molecule has 1 amide bonds. The van der Waals surface area contributed by atoms with E-state index in [4.69, 9.17) is 4.74 Å². The van der Waals surface area contributed by atoms with E-state index in [1.807, 2.05) is 17.5 Å². The van der Waals surface area contributed by atoms with Crippen LogP contribution in [0.3, 0.4) is 0 Å². The lowest BCUT2D eigenvalue weighted by atomic mass is 10.1. The van der Waals surface area contributed by atoms with Crippen molar-refractivity contribution in [3.8, 4) is 0 Å². The fraction of sp³-hybridized carbons (Fsp3) is 0.381. The second-order valence-electron chi connectivity index (χ2n) is 7.12. The van der Waals surface area contributed by atoms with Gasteiger partial charge in [0, 0.05) is 23.9 Å². The molecule has 0 aliphatic carbocycles. The maximum Gasteiger partial charge on any atom is 0.308 e. The van der Waals surface area contributed by atoms with Crippen LogP contribution in [-0.2, 0) is 30.8 Å². The van der Waals surface area contributed by atoms with Gasteiger partial charge in [0.25, 0.3) is 0 Å². The van der Waals surface area contributed by atoms with Gasteiger partial charge in [-0.3, -0.25) is 18.7 Å². The largest absolute Gasteiger partial charge is 0.457 e. The Balaban J connectivity index is 1.61. The summed E-state index contributed by atoms with van der Waals surface area (Å²) in [5.41, 5.74) is 1.72. The van der Waals surface area contributed by atoms with E-state index in [0.717, 1.165) is 10.4 Å². The number of Topliss-reactive ketones (excluding diaryl/α,β-unsaturated/α-hetero) is 1. The van der Waals surface area contributed by atoms with Gasteiger partial charge in [0.1, 0.15) is 0 Å². The zero-order chi connectivity index (χ0) is 22.6. The minimum atomic E-state index is -3.35. The highest BCUT2D eigenvalue weighted by Crippen LogP contribution is 2.31. The van der Waals surface area contributed by atoms with Crippen LogP contribution < -0.4 is 9.62 Å². The summed E-state index contributed by atoms with van der Waals surface area (Å²) in [5, 5.41) is 4.56. The molecule has 3 rings (SSSR count). The zero-order valence-corrected chi connectivity index (χ0v) is 18.9. The fourth-order valence-electron chi connectivity index (χ4n) is 3.40. The number of hydrogen-bond acceptors (Lipinski definition) is 7. The molecule has 0 radical (unpaired) electrons. The van der Waals surface area contributed by atoms with Gasteiger partial charge in [0.05, 0.1) is 23.9 Å². The predicted molar refractivity (Wildman–Crippen MR) is 118 cm³/mol. The van der Waals surface area contributed by atoms with Gasteiger partial charge in [0.2, 0.25) is 15.9 Å². The fourth-order valence-corrected chi connectivity index (χ4v) is 5.34. The SMILES string of the molecule is CCS(=O)(=O)N1CCc2cc(C(=O)COC(=O)CC(NC(C)=O)c3cccs3)ccc21. The molecule has 0 bridgehead atoms. The lowest BCUT2D eigenvalue weighted by Gasteiger charge is -2.18. The summed E-state index contributed by atoms with van der Waals surface area (Å²) in [6, 6.07) is 7.95. The maximum absolute atomic E-state index is 12.5. The minimum absolute atomic E-state index is 0.00796. The summed E-state index contributed by atoms with van der Waals surface area (Å²) in [7, 11) is -3.35. The molecule has 0 fully saturated rings. The Morgan fingerprint density at radius 1 is 1.26 bits per heavy atom. The van der Waals surface area contributed by atoms with Crippen LogP contribution in [0.5, 0.6) is 0 Å². The van der Waals surface area contributed by atoms with Gasteiger partial charge in [-0.05, 0) is 48.6 Å². The Morgan fingerprint density at radius 3 is 2.68 bits per heavy atom. The monoisotopic (exact) mass is 464 g/mol. The van der Waals surface area contributed by atoms with Crippen LogP contribution in [0.2, 0.25) is 0 Å². The molecule has 0 saturated carbocycles. The number of carbonyl (C=O) groups excluding carboxylic acids is 3. The average molecular weight is 465 g/mol. The summed E-state index contributed by atoms with van der Waals surface area (Å²) < 4.78 is 30.9. The van der Waals surface area contributed by atoms with Crippen molar-refractivity contribution in [2.24, 2.45) is 0 Å². The van der Waals surface area contributed by atoms with Gasteiger partial charge < -0.3 is 10.1 Å². The van der Waals surface area contributed by atoms with E-state index in [0.29, 0.717) is 24.2 Å². The van der Waals surface area contributed by atoms with Crippen molar-refractivity contribution in [2.75, 3.05) is 23.2 Å². The quantitative estimate of drug-likeness (QED) is 0.451. The number of sulfonamides is 1. The van der Waals surface area contributed by atoms with Crippen LogP contribution in [0, 0.1) is 0 Å². The smallest absolute Gasteiger partial charge is 0.308 e. The Bertz CT molecular complexity index is 1080. The standard InChI is InChI=1S/C21H24N2O6S2/c1-3-31(27,28)23-9-8-15-11-16(6-7-18(15)23)19(25)13-29-21(26)12-17(22-14(2)24)20-5-4-10-30-20/h4-7,10-11,17H,3,8-9,12-13H2,1-2H3,(H,22,24). The van der Waals surface area contributed by atoms with E-state index >= 15 is 0 Å². The number of ketones is 1. The van der Waals surface area contributed by atoms with E-state index < -0.39 is 28.6 Å². The highest BCUT2D eigenvalue weighted by atomic mass is 32.2. The molecule has 10 heteroatoms. The maximum atomic E-state index is 12.5. The van der Waals surface area contributed by atoms with E-state index in [9.17, 15) is 22.8 Å². The van der Waals surface area contributed by atoms with Crippen molar-refractivity contribution in [1.82, 2.24) is 5.32 Å².